The van der Waals surface area contributed by atoms with E-state index in [1.807, 2.05) is 24.4 Å². The van der Waals surface area contributed by atoms with Gasteiger partial charge in [-0.3, -0.25) is 4.79 Å². The number of thiazole rings is 1. The van der Waals surface area contributed by atoms with Gasteiger partial charge in [0, 0.05) is 15.8 Å². The number of thiophene rings is 1. The van der Waals surface area contributed by atoms with E-state index in [1.54, 1.807) is 41.7 Å². The Balaban J connectivity index is 1.71. The number of hydrogen-bond donors (Lipinski definition) is 2. The number of aromatic nitrogens is 1. The SMILES string of the molecule is Cc1nc(-c2ccc(CNC(=O)c3ccc(C)c(S(N)(=O)=O)c3)s2)cs1. The molecule has 1 amide bonds. The van der Waals surface area contributed by atoms with Crippen molar-refractivity contribution in [1.82, 2.24) is 10.3 Å². The molecule has 0 spiro atoms. The highest BCUT2D eigenvalue weighted by molar-refractivity contribution is 7.89. The Hall–Kier alpha value is -2.07. The molecule has 0 radical (unpaired) electrons. The second-order valence-corrected chi connectivity index (χ2v) is 9.49. The van der Waals surface area contributed by atoms with Crippen LogP contribution < -0.4 is 10.5 Å². The van der Waals surface area contributed by atoms with Gasteiger partial charge in [0.15, 0.2) is 0 Å². The van der Waals surface area contributed by atoms with Crippen molar-refractivity contribution in [1.29, 1.82) is 0 Å². The van der Waals surface area contributed by atoms with Crippen molar-refractivity contribution >= 4 is 38.6 Å². The summed E-state index contributed by atoms with van der Waals surface area (Å²) in [4.78, 5) is 18.8. The maximum absolute atomic E-state index is 12.3. The van der Waals surface area contributed by atoms with E-state index in [2.05, 4.69) is 10.3 Å². The Labute approximate surface area is 159 Å². The molecule has 0 atom stereocenters. The largest absolute Gasteiger partial charge is 0.347 e. The standard InChI is InChI=1S/C17H17N3O3S3/c1-10-3-4-12(7-16(10)26(18,22)23)17(21)19-8-13-5-6-15(25-13)14-9-24-11(2)20-14/h3-7,9H,8H2,1-2H3,(H,19,21)(H2,18,22,23). The second-order valence-electron chi connectivity index (χ2n) is 5.73. The van der Waals surface area contributed by atoms with Crippen molar-refractivity contribution in [3.8, 4) is 10.6 Å². The number of nitrogens with zero attached hydrogens (tertiary/aromatic N) is 1. The van der Waals surface area contributed by atoms with E-state index in [1.165, 1.54) is 6.07 Å². The van der Waals surface area contributed by atoms with Crippen LogP contribution in [0.5, 0.6) is 0 Å². The summed E-state index contributed by atoms with van der Waals surface area (Å²) in [6, 6.07) is 8.38. The van der Waals surface area contributed by atoms with Crippen LogP contribution in [0.3, 0.4) is 0 Å². The number of benzene rings is 1. The van der Waals surface area contributed by atoms with E-state index < -0.39 is 10.0 Å². The van der Waals surface area contributed by atoms with Crippen LogP contribution >= 0.6 is 22.7 Å². The minimum absolute atomic E-state index is 0.0394. The number of primary sulfonamides is 1. The monoisotopic (exact) mass is 407 g/mol. The number of nitrogens with two attached hydrogens (primary N) is 1. The fourth-order valence-corrected chi connectivity index (χ4v) is 4.81. The zero-order chi connectivity index (χ0) is 18.9. The lowest BCUT2D eigenvalue weighted by atomic mass is 10.1. The fourth-order valence-electron chi connectivity index (χ4n) is 2.40. The number of carbonyl (C=O) groups excluding carboxylic acids is 1. The number of nitrogens with one attached hydrogen (secondary N) is 1. The quantitative estimate of drug-likeness (QED) is 0.678. The highest BCUT2D eigenvalue weighted by atomic mass is 32.2. The Morgan fingerprint density at radius 3 is 2.65 bits per heavy atom. The molecule has 1 aromatic carbocycles. The van der Waals surface area contributed by atoms with Crippen molar-refractivity contribution in [2.45, 2.75) is 25.3 Å². The van der Waals surface area contributed by atoms with E-state index in [0.29, 0.717) is 12.1 Å². The van der Waals surface area contributed by atoms with Crippen molar-refractivity contribution in [3.05, 3.63) is 56.7 Å². The number of amides is 1. The second kappa shape index (κ2) is 7.28. The van der Waals surface area contributed by atoms with E-state index in [9.17, 15) is 13.2 Å². The van der Waals surface area contributed by atoms with Gasteiger partial charge >= 0.3 is 0 Å². The van der Waals surface area contributed by atoms with Crippen molar-refractivity contribution in [3.63, 3.8) is 0 Å². The van der Waals surface area contributed by atoms with Crippen molar-refractivity contribution in [2.75, 3.05) is 0 Å². The Bertz CT molecular complexity index is 1070. The normalized spacial score (nSPS) is 11.5. The summed E-state index contributed by atoms with van der Waals surface area (Å²) >= 11 is 3.15. The lowest BCUT2D eigenvalue weighted by Gasteiger charge is -2.07. The summed E-state index contributed by atoms with van der Waals surface area (Å²) in [6.45, 7) is 3.94. The van der Waals surface area contributed by atoms with E-state index >= 15 is 0 Å². The number of rotatable bonds is 5. The molecule has 0 aliphatic rings. The molecule has 0 aliphatic heterocycles. The van der Waals surface area contributed by atoms with E-state index in [4.69, 9.17) is 5.14 Å². The molecule has 9 heteroatoms. The highest BCUT2D eigenvalue weighted by Gasteiger charge is 2.15. The minimum atomic E-state index is -3.87. The van der Waals surface area contributed by atoms with Crippen LogP contribution in [-0.4, -0.2) is 19.3 Å². The average molecular weight is 408 g/mol. The number of aryl methyl sites for hydroxylation is 2. The molecule has 0 saturated carbocycles. The van der Waals surface area contributed by atoms with Gasteiger partial charge in [-0.25, -0.2) is 18.5 Å². The molecule has 0 bridgehead atoms. The number of carbonyl (C=O) groups is 1. The molecular weight excluding hydrogens is 390 g/mol. The van der Waals surface area contributed by atoms with Crippen LogP contribution in [0, 0.1) is 13.8 Å². The van der Waals surface area contributed by atoms with Gasteiger partial charge in [-0.2, -0.15) is 0 Å². The molecule has 0 unspecified atom stereocenters. The molecule has 3 N–H and O–H groups in total. The predicted octanol–water partition coefficient (Wildman–Crippen LogP) is 3.07. The summed E-state index contributed by atoms with van der Waals surface area (Å²) in [5, 5.41) is 11.0. The summed E-state index contributed by atoms with van der Waals surface area (Å²) in [5.41, 5.74) is 1.70. The van der Waals surface area contributed by atoms with Gasteiger partial charge in [0.2, 0.25) is 10.0 Å². The van der Waals surface area contributed by atoms with Crippen LogP contribution in [0.1, 0.15) is 25.8 Å². The van der Waals surface area contributed by atoms with Crippen LogP contribution in [-0.2, 0) is 16.6 Å². The first-order chi connectivity index (χ1) is 12.2. The van der Waals surface area contributed by atoms with Crippen molar-refractivity contribution in [2.24, 2.45) is 5.14 Å². The third-order valence-corrected chi connectivity index (χ3v) is 6.65. The van der Waals surface area contributed by atoms with Gasteiger partial charge in [0.1, 0.15) is 0 Å². The molecule has 2 heterocycles. The molecule has 26 heavy (non-hydrogen) atoms. The number of sulfonamides is 1. The Morgan fingerprint density at radius 2 is 2.00 bits per heavy atom. The molecule has 2 aromatic heterocycles. The molecule has 136 valence electrons. The van der Waals surface area contributed by atoms with Gasteiger partial charge in [-0.15, -0.1) is 22.7 Å². The molecule has 0 aliphatic carbocycles. The molecule has 6 nitrogen and oxygen atoms in total. The van der Waals surface area contributed by atoms with Gasteiger partial charge in [-0.05, 0) is 43.7 Å². The first-order valence-electron chi connectivity index (χ1n) is 7.67. The summed E-state index contributed by atoms with van der Waals surface area (Å²) in [7, 11) is -3.87. The lowest BCUT2D eigenvalue weighted by molar-refractivity contribution is 0.0951. The van der Waals surface area contributed by atoms with Crippen LogP contribution in [0.2, 0.25) is 0 Å². The van der Waals surface area contributed by atoms with Gasteiger partial charge in [0.05, 0.1) is 27.0 Å². The maximum Gasteiger partial charge on any atom is 0.251 e. The summed E-state index contributed by atoms with van der Waals surface area (Å²) in [5.74, 6) is -0.352. The van der Waals surface area contributed by atoms with Gasteiger partial charge in [0.25, 0.3) is 5.91 Å². The molecule has 0 saturated heterocycles. The third-order valence-electron chi connectivity index (χ3n) is 3.71. The first kappa shape index (κ1) is 18.7. The Morgan fingerprint density at radius 1 is 1.23 bits per heavy atom. The van der Waals surface area contributed by atoms with E-state index in [0.717, 1.165) is 20.5 Å². The Kier molecular flexibility index (Phi) is 5.24. The lowest BCUT2D eigenvalue weighted by Crippen LogP contribution is -2.23. The number of hydrogen-bond acceptors (Lipinski definition) is 6. The average Bonchev–Trinajstić information content (AvgIpc) is 3.20. The van der Waals surface area contributed by atoms with Crippen LogP contribution in [0.4, 0.5) is 0 Å². The molecule has 0 fully saturated rings. The van der Waals surface area contributed by atoms with Crippen molar-refractivity contribution < 1.29 is 13.2 Å². The zero-order valence-corrected chi connectivity index (χ0v) is 16.6. The molecule has 3 rings (SSSR count). The molecular formula is C17H17N3O3S3. The third kappa shape index (κ3) is 4.18. The zero-order valence-electron chi connectivity index (χ0n) is 14.1. The molecule has 3 aromatic rings. The van der Waals surface area contributed by atoms with Crippen LogP contribution in [0.15, 0.2) is 40.6 Å². The van der Waals surface area contributed by atoms with Gasteiger partial charge in [-0.1, -0.05) is 6.07 Å². The van der Waals surface area contributed by atoms with Crippen LogP contribution in [0.25, 0.3) is 10.6 Å². The minimum Gasteiger partial charge on any atom is -0.347 e. The summed E-state index contributed by atoms with van der Waals surface area (Å²) < 4.78 is 23.2. The maximum atomic E-state index is 12.3. The highest BCUT2D eigenvalue weighted by Crippen LogP contribution is 2.29. The van der Waals surface area contributed by atoms with Gasteiger partial charge < -0.3 is 5.32 Å². The summed E-state index contributed by atoms with van der Waals surface area (Å²) in [6.07, 6.45) is 0. The predicted molar refractivity (Wildman–Crippen MR) is 104 cm³/mol. The smallest absolute Gasteiger partial charge is 0.251 e. The first-order valence-corrected chi connectivity index (χ1v) is 10.9. The van der Waals surface area contributed by atoms with E-state index in [-0.39, 0.29) is 16.4 Å². The fraction of sp³-hybridized carbons (Fsp3) is 0.176. The topological polar surface area (TPSA) is 102 Å².